The monoisotopic (exact) mass is 674 g/mol. The summed E-state index contributed by atoms with van der Waals surface area (Å²) in [6.45, 7) is 2.10. The topological polar surface area (TPSA) is 231 Å². The summed E-state index contributed by atoms with van der Waals surface area (Å²) in [6, 6.07) is 9.42. The van der Waals surface area contributed by atoms with Gasteiger partial charge in [0.05, 0.1) is 0 Å². The molecule has 262 valence electrons. The van der Waals surface area contributed by atoms with Crippen molar-refractivity contribution in [1.29, 1.82) is 0 Å². The van der Waals surface area contributed by atoms with E-state index in [0.29, 0.717) is 12.1 Å². The number of aliphatic hydroxyl groups is 2. The van der Waals surface area contributed by atoms with Gasteiger partial charge in [-0.1, -0.05) is 57.2 Å². The van der Waals surface area contributed by atoms with Crippen LogP contribution in [0.1, 0.15) is 58.1 Å². The summed E-state index contributed by atoms with van der Waals surface area (Å²) in [5.41, 5.74) is 4.54. The number of unbranched alkanes of at least 4 members (excludes halogenated alkanes) is 5. The molecule has 0 saturated carbocycles. The molecule has 2 amide bonds. The molecule has 16 heteroatoms. The molecule has 3 heterocycles. The number of ether oxygens (including phenoxy) is 5. The second-order valence-electron chi connectivity index (χ2n) is 11.5. The summed E-state index contributed by atoms with van der Waals surface area (Å²) < 4.78 is 29.7. The predicted molar refractivity (Wildman–Crippen MR) is 168 cm³/mol. The summed E-state index contributed by atoms with van der Waals surface area (Å²) in [4.78, 5) is 65.4. The zero-order valence-electron chi connectivity index (χ0n) is 26.7. The molecule has 6 N–H and O–H groups in total. The van der Waals surface area contributed by atoms with Gasteiger partial charge >= 0.3 is 11.7 Å². The van der Waals surface area contributed by atoms with Gasteiger partial charge in [-0.25, -0.2) is 4.79 Å². The van der Waals surface area contributed by atoms with E-state index in [1.54, 1.807) is 30.3 Å². The third-order valence-corrected chi connectivity index (χ3v) is 7.93. The molecule has 2 aliphatic rings. The number of aromatic nitrogens is 2. The molecule has 48 heavy (non-hydrogen) atoms. The largest absolute Gasteiger partial charge is 0.456 e. The van der Waals surface area contributed by atoms with Crippen LogP contribution in [0.15, 0.2) is 64.0 Å². The summed E-state index contributed by atoms with van der Waals surface area (Å²) in [6.07, 6.45) is -4.86. The van der Waals surface area contributed by atoms with E-state index in [1.165, 1.54) is 7.11 Å². The molecule has 4 rings (SSSR count). The van der Waals surface area contributed by atoms with Gasteiger partial charge in [0.25, 0.3) is 11.5 Å². The molecule has 0 spiro atoms. The van der Waals surface area contributed by atoms with Crippen LogP contribution in [0.25, 0.3) is 0 Å². The van der Waals surface area contributed by atoms with Crippen molar-refractivity contribution in [1.82, 2.24) is 9.55 Å². The highest BCUT2D eigenvalue weighted by Gasteiger charge is 2.54. The first-order chi connectivity index (χ1) is 23.0. The number of anilines is 1. The number of nitrogens with zero attached hydrogens (tertiary/aromatic N) is 1. The first-order valence-electron chi connectivity index (χ1n) is 15.8. The maximum Gasteiger partial charge on any atom is 0.330 e. The number of carbonyl (C=O) groups is 3. The highest BCUT2D eigenvalue weighted by molar-refractivity contribution is 6.02. The Kier molecular flexibility index (Phi) is 13.0. The number of aliphatic hydroxyl groups excluding tert-OH is 2. The molecular weight excluding hydrogens is 632 g/mol. The van der Waals surface area contributed by atoms with Crippen molar-refractivity contribution in [2.24, 2.45) is 5.73 Å². The maximum atomic E-state index is 13.0. The lowest BCUT2D eigenvalue weighted by atomic mass is 10.0. The maximum absolute atomic E-state index is 13.0. The standard InChI is InChI=1S/C32H42N4O12/c1-3-4-5-6-7-11-14-22(39)46-27-24(44-2)25(47-30(27)36-16-15-21(38)35-32(36)43)26(28(33)41)48-31-23(40)19(37)17-20(45-31)29(42)34-18-12-9-8-10-13-18/h8-10,12-13,15-17,19,23-27,30-31,37,40H,3-7,11,14H2,1-2H3,(H2,33,41)(H,34,42)(H,35,38,43). The lowest BCUT2D eigenvalue weighted by molar-refractivity contribution is -0.241. The van der Waals surface area contributed by atoms with Crippen LogP contribution in [-0.2, 0) is 38.1 Å². The zero-order chi connectivity index (χ0) is 34.8. The minimum atomic E-state index is -1.82. The number of hydrogen-bond donors (Lipinski definition) is 5. The van der Waals surface area contributed by atoms with Crippen LogP contribution in [0.2, 0.25) is 0 Å². The Hall–Kier alpha value is -4.35. The van der Waals surface area contributed by atoms with E-state index < -0.39 is 83.9 Å². The van der Waals surface area contributed by atoms with E-state index in [1.807, 2.05) is 0 Å². The summed E-state index contributed by atoms with van der Waals surface area (Å²) in [7, 11) is 1.25. The number of nitrogens with one attached hydrogen (secondary N) is 2. The van der Waals surface area contributed by atoms with Crippen LogP contribution in [0, 0.1) is 0 Å². The first-order valence-corrected chi connectivity index (χ1v) is 15.8. The summed E-state index contributed by atoms with van der Waals surface area (Å²) >= 11 is 0. The Morgan fingerprint density at radius 2 is 1.75 bits per heavy atom. The van der Waals surface area contributed by atoms with E-state index in [-0.39, 0.29) is 6.42 Å². The van der Waals surface area contributed by atoms with Gasteiger partial charge in [-0.15, -0.1) is 0 Å². The van der Waals surface area contributed by atoms with E-state index in [0.717, 1.165) is 55.0 Å². The van der Waals surface area contributed by atoms with Gasteiger partial charge in [0.2, 0.25) is 12.2 Å². The van der Waals surface area contributed by atoms with E-state index in [2.05, 4.69) is 17.2 Å². The number of primary amides is 1. The number of amides is 2. The van der Waals surface area contributed by atoms with Crippen LogP contribution in [-0.4, -0.2) is 87.6 Å². The van der Waals surface area contributed by atoms with Crippen molar-refractivity contribution in [3.63, 3.8) is 0 Å². The number of esters is 1. The molecular formula is C32H42N4O12. The first kappa shape index (κ1) is 36.5. The smallest absolute Gasteiger partial charge is 0.330 e. The van der Waals surface area contributed by atoms with Crippen molar-refractivity contribution < 1.29 is 48.3 Å². The van der Waals surface area contributed by atoms with Crippen LogP contribution in [0.5, 0.6) is 0 Å². The lowest BCUT2D eigenvalue weighted by Crippen LogP contribution is -2.54. The number of methoxy groups -OCH3 is 1. The quantitative estimate of drug-likeness (QED) is 0.122. The number of para-hydroxylation sites is 1. The molecule has 2 aromatic rings. The second kappa shape index (κ2) is 17.2. The Labute approximate surface area is 275 Å². The van der Waals surface area contributed by atoms with E-state index in [4.69, 9.17) is 29.4 Å². The normalized spacial score (nSPS) is 25.8. The van der Waals surface area contributed by atoms with Gasteiger partial charge in [-0.2, -0.15) is 0 Å². The molecule has 0 radical (unpaired) electrons. The van der Waals surface area contributed by atoms with Crippen molar-refractivity contribution in [2.45, 2.75) is 101 Å². The third kappa shape index (κ3) is 9.17. The van der Waals surface area contributed by atoms with Gasteiger partial charge in [-0.3, -0.25) is 28.7 Å². The van der Waals surface area contributed by atoms with Crippen LogP contribution in [0.4, 0.5) is 5.69 Å². The van der Waals surface area contributed by atoms with Crippen molar-refractivity contribution in [3.05, 3.63) is 75.3 Å². The van der Waals surface area contributed by atoms with Crippen molar-refractivity contribution >= 4 is 23.5 Å². The Morgan fingerprint density at radius 3 is 2.42 bits per heavy atom. The fraction of sp³-hybridized carbons (Fsp3) is 0.531. The minimum Gasteiger partial charge on any atom is -0.456 e. The number of nitrogens with two attached hydrogens (primary N) is 1. The number of carbonyl (C=O) groups excluding carboxylic acids is 3. The SMILES string of the molecule is CCCCCCCCC(=O)OC1C(OC)C(C(OC2OC(C(=O)Nc3ccccc3)=CC(O)C2O)C(N)=O)OC1n1ccc(=O)[nH]c1=O. The Bertz CT molecular complexity index is 1540. The highest BCUT2D eigenvalue weighted by Crippen LogP contribution is 2.36. The molecule has 1 aromatic carbocycles. The molecule has 16 nitrogen and oxygen atoms in total. The number of benzene rings is 1. The fourth-order valence-corrected chi connectivity index (χ4v) is 5.47. The number of rotatable bonds is 16. The average molecular weight is 675 g/mol. The van der Waals surface area contributed by atoms with E-state index in [9.17, 15) is 34.2 Å². The average Bonchev–Trinajstić information content (AvgIpc) is 3.40. The molecule has 1 aromatic heterocycles. The van der Waals surface area contributed by atoms with Crippen molar-refractivity contribution in [3.8, 4) is 0 Å². The molecule has 0 bridgehead atoms. The molecule has 2 aliphatic heterocycles. The molecule has 1 saturated heterocycles. The van der Waals surface area contributed by atoms with Gasteiger partial charge in [0.1, 0.15) is 24.4 Å². The molecule has 1 fully saturated rings. The number of aromatic amines is 1. The van der Waals surface area contributed by atoms with Crippen LogP contribution in [0.3, 0.4) is 0 Å². The van der Waals surface area contributed by atoms with E-state index >= 15 is 0 Å². The molecule has 8 atom stereocenters. The van der Waals surface area contributed by atoms with Crippen LogP contribution < -0.4 is 22.3 Å². The zero-order valence-corrected chi connectivity index (χ0v) is 26.7. The predicted octanol–water partition coefficient (Wildman–Crippen LogP) is 0.583. The molecule has 0 aliphatic carbocycles. The minimum absolute atomic E-state index is 0.0624. The third-order valence-electron chi connectivity index (χ3n) is 7.93. The van der Waals surface area contributed by atoms with Gasteiger partial charge < -0.3 is 44.9 Å². The van der Waals surface area contributed by atoms with Gasteiger partial charge in [-0.05, 0) is 24.6 Å². The Morgan fingerprint density at radius 1 is 1.04 bits per heavy atom. The summed E-state index contributed by atoms with van der Waals surface area (Å²) in [5, 5.41) is 23.8. The number of H-pyrrole nitrogens is 1. The summed E-state index contributed by atoms with van der Waals surface area (Å²) in [5.74, 6) is -2.95. The van der Waals surface area contributed by atoms with Gasteiger partial charge in [0.15, 0.2) is 24.2 Å². The number of hydrogen-bond acceptors (Lipinski definition) is 12. The van der Waals surface area contributed by atoms with Gasteiger partial charge in [0, 0.05) is 31.5 Å². The Balaban J connectivity index is 1.56. The molecule has 8 unspecified atom stereocenters. The van der Waals surface area contributed by atoms with Crippen molar-refractivity contribution in [2.75, 3.05) is 12.4 Å². The van der Waals surface area contributed by atoms with Crippen LogP contribution >= 0.6 is 0 Å². The highest BCUT2D eigenvalue weighted by atomic mass is 16.7. The fourth-order valence-electron chi connectivity index (χ4n) is 5.47. The second-order valence-corrected chi connectivity index (χ2v) is 11.5. The lowest BCUT2D eigenvalue weighted by Gasteiger charge is -2.35.